The van der Waals surface area contributed by atoms with Gasteiger partial charge in [-0.1, -0.05) is 6.07 Å². The fraction of sp³-hybridized carbons (Fsp3) is 0.231. The van der Waals surface area contributed by atoms with Crippen molar-refractivity contribution in [3.8, 4) is 11.8 Å². The Hall–Kier alpha value is -2.42. The molecule has 0 spiro atoms. The zero-order chi connectivity index (χ0) is 14.3. The summed E-state index contributed by atoms with van der Waals surface area (Å²) < 4.78 is 28.4. The van der Waals surface area contributed by atoms with Crippen LogP contribution in [0.1, 0.15) is 17.5 Å². The SMILES string of the molecule is N#CCCc1ccc(OC(F)F)cc1/C=C/C(=O)O. The fourth-order valence-corrected chi connectivity index (χ4v) is 1.48. The lowest BCUT2D eigenvalue weighted by Crippen LogP contribution is -2.02. The number of benzene rings is 1. The molecule has 0 aliphatic carbocycles. The van der Waals surface area contributed by atoms with E-state index in [1.807, 2.05) is 6.07 Å². The van der Waals surface area contributed by atoms with E-state index < -0.39 is 12.6 Å². The standard InChI is InChI=1S/C13H11F2NO3/c14-13(15)19-11-5-3-9(2-1-7-16)10(8-11)4-6-12(17)18/h3-6,8,13H,1-2H2,(H,17,18)/b6-4+. The summed E-state index contributed by atoms with van der Waals surface area (Å²) >= 11 is 0. The number of ether oxygens (including phenoxy) is 1. The maximum absolute atomic E-state index is 12.1. The molecule has 0 heterocycles. The van der Waals surface area contributed by atoms with E-state index in [1.165, 1.54) is 24.3 Å². The predicted molar refractivity (Wildman–Crippen MR) is 63.7 cm³/mol. The molecule has 0 aromatic heterocycles. The number of aliphatic carboxylic acids is 1. The zero-order valence-corrected chi connectivity index (χ0v) is 9.85. The van der Waals surface area contributed by atoms with Crippen molar-refractivity contribution in [2.24, 2.45) is 0 Å². The number of nitriles is 1. The lowest BCUT2D eigenvalue weighted by Gasteiger charge is -2.09. The second kappa shape index (κ2) is 7.11. The topological polar surface area (TPSA) is 70.3 Å². The Bertz CT molecular complexity index is 521. The van der Waals surface area contributed by atoms with Crippen molar-refractivity contribution in [2.75, 3.05) is 0 Å². The van der Waals surface area contributed by atoms with Gasteiger partial charge in [-0.15, -0.1) is 0 Å². The van der Waals surface area contributed by atoms with E-state index in [2.05, 4.69) is 4.74 Å². The Labute approximate surface area is 108 Å². The molecule has 1 rings (SSSR count). The average Bonchev–Trinajstić information content (AvgIpc) is 2.34. The largest absolute Gasteiger partial charge is 0.478 e. The first-order chi connectivity index (χ1) is 9.02. The molecule has 19 heavy (non-hydrogen) atoms. The molecule has 0 fully saturated rings. The summed E-state index contributed by atoms with van der Waals surface area (Å²) in [6.07, 6.45) is 2.85. The van der Waals surface area contributed by atoms with Gasteiger partial charge in [-0.05, 0) is 35.8 Å². The zero-order valence-electron chi connectivity index (χ0n) is 9.85. The van der Waals surface area contributed by atoms with E-state index in [0.717, 1.165) is 6.08 Å². The molecule has 0 bridgehead atoms. The van der Waals surface area contributed by atoms with Crippen LogP contribution < -0.4 is 4.74 Å². The van der Waals surface area contributed by atoms with Gasteiger partial charge in [-0.2, -0.15) is 14.0 Å². The van der Waals surface area contributed by atoms with Gasteiger partial charge in [0, 0.05) is 12.5 Å². The monoisotopic (exact) mass is 267 g/mol. The number of rotatable bonds is 6. The molecule has 0 unspecified atom stereocenters. The second-order valence-corrected chi connectivity index (χ2v) is 3.57. The molecular weight excluding hydrogens is 256 g/mol. The van der Waals surface area contributed by atoms with Crippen molar-refractivity contribution >= 4 is 12.0 Å². The van der Waals surface area contributed by atoms with Crippen LogP contribution in [0, 0.1) is 11.3 Å². The van der Waals surface area contributed by atoms with Crippen LogP contribution in [-0.4, -0.2) is 17.7 Å². The summed E-state index contributed by atoms with van der Waals surface area (Å²) in [5, 5.41) is 17.1. The maximum atomic E-state index is 12.1. The molecule has 0 atom stereocenters. The number of halogens is 2. The molecule has 1 aromatic carbocycles. The highest BCUT2D eigenvalue weighted by molar-refractivity contribution is 5.85. The van der Waals surface area contributed by atoms with Crippen molar-refractivity contribution in [1.82, 2.24) is 0 Å². The highest BCUT2D eigenvalue weighted by Crippen LogP contribution is 2.22. The molecule has 0 saturated carbocycles. The molecular formula is C13H11F2NO3. The molecule has 0 saturated heterocycles. The number of alkyl halides is 2. The van der Waals surface area contributed by atoms with Gasteiger partial charge in [-0.3, -0.25) is 0 Å². The molecule has 0 amide bonds. The van der Waals surface area contributed by atoms with Crippen molar-refractivity contribution in [3.05, 3.63) is 35.4 Å². The first kappa shape index (κ1) is 14.6. The smallest absolute Gasteiger partial charge is 0.387 e. The highest BCUT2D eigenvalue weighted by Gasteiger charge is 2.07. The van der Waals surface area contributed by atoms with Crippen molar-refractivity contribution in [3.63, 3.8) is 0 Å². The van der Waals surface area contributed by atoms with Crippen molar-refractivity contribution in [1.29, 1.82) is 5.26 Å². The van der Waals surface area contributed by atoms with Crippen LogP contribution in [0.5, 0.6) is 5.75 Å². The normalized spacial score (nSPS) is 10.6. The Kier molecular flexibility index (Phi) is 5.48. The molecule has 6 heteroatoms. The van der Waals surface area contributed by atoms with Crippen molar-refractivity contribution < 1.29 is 23.4 Å². The number of carboxylic acids is 1. The molecule has 100 valence electrons. The van der Waals surface area contributed by atoms with Crippen LogP contribution in [0.15, 0.2) is 24.3 Å². The lowest BCUT2D eigenvalue weighted by atomic mass is 10.0. The Balaban J connectivity index is 3.03. The summed E-state index contributed by atoms with van der Waals surface area (Å²) in [5.74, 6) is -1.20. The van der Waals surface area contributed by atoms with Crippen LogP contribution >= 0.6 is 0 Å². The summed E-state index contributed by atoms with van der Waals surface area (Å²) in [4.78, 5) is 10.5. The Morgan fingerprint density at radius 1 is 1.53 bits per heavy atom. The third kappa shape index (κ3) is 5.17. The summed E-state index contributed by atoms with van der Waals surface area (Å²) in [6, 6.07) is 6.18. The van der Waals surface area contributed by atoms with E-state index in [-0.39, 0.29) is 12.2 Å². The fourth-order valence-electron chi connectivity index (χ4n) is 1.48. The average molecular weight is 267 g/mol. The Morgan fingerprint density at radius 3 is 2.84 bits per heavy atom. The summed E-state index contributed by atoms with van der Waals surface area (Å²) in [7, 11) is 0. The molecule has 0 aliphatic rings. The molecule has 1 aromatic rings. The Morgan fingerprint density at radius 2 is 2.26 bits per heavy atom. The number of carboxylic acid groups (broad SMARTS) is 1. The van der Waals surface area contributed by atoms with Crippen LogP contribution in [0.25, 0.3) is 6.08 Å². The van der Waals surface area contributed by atoms with Gasteiger partial charge in [0.1, 0.15) is 5.75 Å². The third-order valence-corrected chi connectivity index (χ3v) is 2.25. The van der Waals surface area contributed by atoms with Crippen LogP contribution in [0.3, 0.4) is 0 Å². The molecule has 4 nitrogen and oxygen atoms in total. The van der Waals surface area contributed by atoms with Gasteiger partial charge in [-0.25, -0.2) is 4.79 Å². The van der Waals surface area contributed by atoms with E-state index in [9.17, 15) is 13.6 Å². The van der Waals surface area contributed by atoms with Crippen LogP contribution in [0.4, 0.5) is 8.78 Å². The molecule has 0 aliphatic heterocycles. The van der Waals surface area contributed by atoms with E-state index in [4.69, 9.17) is 10.4 Å². The first-order valence-corrected chi connectivity index (χ1v) is 5.38. The predicted octanol–water partition coefficient (Wildman–Crippen LogP) is 2.84. The number of nitrogens with zero attached hydrogens (tertiary/aromatic N) is 1. The van der Waals surface area contributed by atoms with Gasteiger partial charge in [0.05, 0.1) is 6.07 Å². The van der Waals surface area contributed by atoms with E-state index in [0.29, 0.717) is 17.5 Å². The lowest BCUT2D eigenvalue weighted by molar-refractivity contribution is -0.131. The highest BCUT2D eigenvalue weighted by atomic mass is 19.3. The third-order valence-electron chi connectivity index (χ3n) is 2.25. The second-order valence-electron chi connectivity index (χ2n) is 3.57. The van der Waals surface area contributed by atoms with Gasteiger partial charge >= 0.3 is 12.6 Å². The number of hydrogen-bond donors (Lipinski definition) is 1. The summed E-state index contributed by atoms with van der Waals surface area (Å²) in [5.41, 5.74) is 1.14. The first-order valence-electron chi connectivity index (χ1n) is 5.38. The van der Waals surface area contributed by atoms with Gasteiger partial charge in [0.15, 0.2) is 0 Å². The minimum absolute atomic E-state index is 0.0549. The minimum Gasteiger partial charge on any atom is -0.478 e. The minimum atomic E-state index is -2.94. The molecule has 0 radical (unpaired) electrons. The van der Waals surface area contributed by atoms with Crippen molar-refractivity contribution in [2.45, 2.75) is 19.5 Å². The summed E-state index contributed by atoms with van der Waals surface area (Å²) in [6.45, 7) is -2.94. The quantitative estimate of drug-likeness (QED) is 0.804. The van der Waals surface area contributed by atoms with E-state index >= 15 is 0 Å². The van der Waals surface area contributed by atoms with Gasteiger partial charge in [0.25, 0.3) is 0 Å². The molecule has 1 N–H and O–H groups in total. The number of carbonyl (C=O) groups is 1. The van der Waals surface area contributed by atoms with Gasteiger partial charge in [0.2, 0.25) is 0 Å². The van der Waals surface area contributed by atoms with Crippen LogP contribution in [-0.2, 0) is 11.2 Å². The number of aryl methyl sites for hydroxylation is 1. The van der Waals surface area contributed by atoms with Crippen LogP contribution in [0.2, 0.25) is 0 Å². The maximum Gasteiger partial charge on any atom is 0.387 e. The van der Waals surface area contributed by atoms with E-state index in [1.54, 1.807) is 0 Å². The number of hydrogen-bond acceptors (Lipinski definition) is 3. The van der Waals surface area contributed by atoms with Gasteiger partial charge < -0.3 is 9.84 Å².